The Morgan fingerprint density at radius 2 is 1.63 bits per heavy atom. The van der Waals surface area contributed by atoms with Crippen molar-refractivity contribution in [1.29, 1.82) is 0 Å². The number of Topliss-reactive ketones (excluding diaryl/α,β-unsaturated/α-hetero) is 1. The minimum absolute atomic E-state index is 0.0203. The number of nitrogens with zero attached hydrogens (tertiary/aromatic N) is 2. The van der Waals surface area contributed by atoms with E-state index in [4.69, 9.17) is 0 Å². The van der Waals surface area contributed by atoms with Gasteiger partial charge in [0.2, 0.25) is 0 Å². The zero-order chi connectivity index (χ0) is 19.8. The highest BCUT2D eigenvalue weighted by molar-refractivity contribution is 7.80. The predicted octanol–water partition coefficient (Wildman–Crippen LogP) is 5.32. The van der Waals surface area contributed by atoms with E-state index in [1.54, 1.807) is 0 Å². The van der Waals surface area contributed by atoms with Gasteiger partial charge in [-0.1, -0.05) is 0 Å². The molecule has 1 unspecified atom stereocenters. The summed E-state index contributed by atoms with van der Waals surface area (Å²) in [6.45, 7) is 0. The summed E-state index contributed by atoms with van der Waals surface area (Å²) in [7, 11) is 0. The quantitative estimate of drug-likeness (QED) is 0.367. The maximum absolute atomic E-state index is 13.6. The van der Waals surface area contributed by atoms with E-state index >= 15 is 0 Å². The molecule has 1 heterocycles. The Balaban J connectivity index is 2.05. The van der Waals surface area contributed by atoms with Gasteiger partial charge in [-0.2, -0.15) is 18.3 Å². The van der Waals surface area contributed by atoms with E-state index in [2.05, 4.69) is 17.7 Å². The van der Waals surface area contributed by atoms with Crippen molar-refractivity contribution < 1.29 is 26.7 Å². The largest absolute Gasteiger partial charge is 0.454 e. The van der Waals surface area contributed by atoms with E-state index in [0.29, 0.717) is 16.9 Å². The number of rotatable bonds is 4. The van der Waals surface area contributed by atoms with Crippen LogP contribution in [0.4, 0.5) is 22.0 Å². The third kappa shape index (κ3) is 4.02. The first-order valence-corrected chi connectivity index (χ1v) is 8.08. The summed E-state index contributed by atoms with van der Waals surface area (Å²) in [6, 6.07) is 11.3. The van der Waals surface area contributed by atoms with E-state index in [9.17, 15) is 26.7 Å². The lowest BCUT2D eigenvalue weighted by molar-refractivity contribution is -0.0885. The van der Waals surface area contributed by atoms with Crippen molar-refractivity contribution in [1.82, 2.24) is 9.78 Å². The molecule has 0 aliphatic heterocycles. The summed E-state index contributed by atoms with van der Waals surface area (Å²) < 4.78 is 65.6. The number of hydrogen-bond donors (Lipinski definition) is 1. The molecule has 0 saturated heterocycles. The molecular formula is C18H11F5N2OS. The number of thiol groups is 1. The summed E-state index contributed by atoms with van der Waals surface area (Å²) in [5.41, 5.74) is -1.03. The summed E-state index contributed by atoms with van der Waals surface area (Å²) >= 11 is 3.69. The third-order valence-corrected chi connectivity index (χ3v) is 4.01. The molecule has 0 saturated carbocycles. The van der Waals surface area contributed by atoms with E-state index in [-0.39, 0.29) is 5.69 Å². The highest BCUT2D eigenvalue weighted by Crippen LogP contribution is 2.30. The van der Waals surface area contributed by atoms with Gasteiger partial charge in [0, 0.05) is 11.1 Å². The molecule has 3 nitrogen and oxygen atoms in total. The molecular weight excluding hydrogens is 387 g/mol. The first kappa shape index (κ1) is 19.1. The molecule has 1 aromatic heterocycles. The van der Waals surface area contributed by atoms with Crippen LogP contribution in [0, 0.1) is 5.82 Å². The van der Waals surface area contributed by atoms with Gasteiger partial charge in [0.1, 0.15) is 11.5 Å². The average molecular weight is 398 g/mol. The molecule has 9 heteroatoms. The summed E-state index contributed by atoms with van der Waals surface area (Å²) in [6.07, 6.45) is -4.98. The number of carbonyl (C=O) groups excluding carboxylic acids is 1. The van der Waals surface area contributed by atoms with Crippen LogP contribution in [0.2, 0.25) is 0 Å². The fraction of sp³-hybridized carbons (Fsp3) is 0.111. The Kier molecular flexibility index (Phi) is 5.05. The molecule has 1 atom stereocenters. The number of ketones is 1. The van der Waals surface area contributed by atoms with Crippen molar-refractivity contribution in [3.05, 3.63) is 71.7 Å². The highest BCUT2D eigenvalue weighted by Gasteiger charge is 2.39. The van der Waals surface area contributed by atoms with E-state index in [1.165, 1.54) is 47.1 Å². The second kappa shape index (κ2) is 7.15. The molecule has 0 aliphatic rings. The topological polar surface area (TPSA) is 34.9 Å². The van der Waals surface area contributed by atoms with Crippen molar-refractivity contribution in [3.8, 4) is 16.9 Å². The highest BCUT2D eigenvalue weighted by atomic mass is 32.1. The normalized spacial score (nSPS) is 12.8. The van der Waals surface area contributed by atoms with Crippen molar-refractivity contribution >= 4 is 18.4 Å². The molecule has 0 aliphatic carbocycles. The summed E-state index contributed by atoms with van der Waals surface area (Å²) in [5, 5.41) is 4.07. The van der Waals surface area contributed by atoms with Gasteiger partial charge in [-0.05, 0) is 54.6 Å². The first-order chi connectivity index (χ1) is 12.7. The van der Waals surface area contributed by atoms with Gasteiger partial charge in [-0.3, -0.25) is 4.79 Å². The SMILES string of the molecule is O=C(c1ccc(-n2nc(C(F)S)cc2-c2ccc(F)cc2)cc1)C(F)(F)F. The van der Waals surface area contributed by atoms with E-state index in [0.717, 1.165) is 12.1 Å². The molecule has 0 amide bonds. The molecule has 0 radical (unpaired) electrons. The van der Waals surface area contributed by atoms with Crippen LogP contribution in [-0.2, 0) is 0 Å². The van der Waals surface area contributed by atoms with Gasteiger partial charge >= 0.3 is 6.18 Å². The first-order valence-electron chi connectivity index (χ1n) is 7.57. The average Bonchev–Trinajstić information content (AvgIpc) is 3.07. The molecule has 0 fully saturated rings. The Morgan fingerprint density at radius 1 is 1.04 bits per heavy atom. The predicted molar refractivity (Wildman–Crippen MR) is 92.2 cm³/mol. The molecule has 140 valence electrons. The molecule has 0 bridgehead atoms. The maximum atomic E-state index is 13.6. The monoisotopic (exact) mass is 398 g/mol. The van der Waals surface area contributed by atoms with Crippen molar-refractivity contribution in [3.63, 3.8) is 0 Å². The maximum Gasteiger partial charge on any atom is 0.454 e. The third-order valence-electron chi connectivity index (χ3n) is 3.74. The lowest BCUT2D eigenvalue weighted by Gasteiger charge is -2.09. The standard InChI is InChI=1S/C18H11F5N2OS/c19-12-5-1-10(2-6-12)15-9-14(17(20)27)24-25(15)13-7-3-11(4-8-13)16(26)18(21,22)23/h1-9,17,27H. The summed E-state index contributed by atoms with van der Waals surface area (Å²) in [4.78, 5) is 11.3. The minimum atomic E-state index is -4.98. The molecule has 2 aromatic carbocycles. The van der Waals surface area contributed by atoms with Crippen LogP contribution >= 0.6 is 12.6 Å². The number of halogens is 5. The number of hydrogen-bond acceptors (Lipinski definition) is 3. The van der Waals surface area contributed by atoms with Crippen LogP contribution in [0.5, 0.6) is 0 Å². The lowest BCUT2D eigenvalue weighted by Crippen LogP contribution is -2.22. The van der Waals surface area contributed by atoms with E-state index < -0.39 is 28.8 Å². The van der Waals surface area contributed by atoms with Gasteiger partial charge in [-0.25, -0.2) is 13.5 Å². The lowest BCUT2D eigenvalue weighted by atomic mass is 10.1. The van der Waals surface area contributed by atoms with Crippen molar-refractivity contribution in [2.24, 2.45) is 0 Å². The zero-order valence-corrected chi connectivity index (χ0v) is 14.3. The number of carbonyl (C=O) groups is 1. The van der Waals surface area contributed by atoms with Crippen molar-refractivity contribution in [2.75, 3.05) is 0 Å². The number of aromatic nitrogens is 2. The molecule has 3 aromatic rings. The fourth-order valence-corrected chi connectivity index (χ4v) is 2.58. The van der Waals surface area contributed by atoms with Crippen LogP contribution in [0.1, 0.15) is 21.6 Å². The van der Waals surface area contributed by atoms with Gasteiger partial charge in [-0.15, -0.1) is 12.6 Å². The van der Waals surface area contributed by atoms with Gasteiger partial charge < -0.3 is 0 Å². The van der Waals surface area contributed by atoms with E-state index in [1.807, 2.05) is 0 Å². The molecule has 0 spiro atoms. The van der Waals surface area contributed by atoms with Gasteiger partial charge in [0.15, 0.2) is 5.50 Å². The zero-order valence-electron chi connectivity index (χ0n) is 13.4. The van der Waals surface area contributed by atoms with Crippen LogP contribution in [0.15, 0.2) is 54.6 Å². The number of benzene rings is 2. The Bertz CT molecular complexity index is 963. The fourth-order valence-electron chi connectivity index (χ4n) is 2.46. The van der Waals surface area contributed by atoms with Crippen LogP contribution < -0.4 is 0 Å². The second-order valence-electron chi connectivity index (χ2n) is 5.58. The second-order valence-corrected chi connectivity index (χ2v) is 6.04. The smallest absolute Gasteiger partial charge is 0.284 e. The molecule has 27 heavy (non-hydrogen) atoms. The molecule has 3 rings (SSSR count). The minimum Gasteiger partial charge on any atom is -0.284 e. The van der Waals surface area contributed by atoms with Crippen LogP contribution in [0.25, 0.3) is 16.9 Å². The Morgan fingerprint density at radius 3 is 2.15 bits per heavy atom. The van der Waals surface area contributed by atoms with Gasteiger partial charge in [0.05, 0.1) is 11.4 Å². The summed E-state index contributed by atoms with van der Waals surface area (Å²) in [5.74, 6) is -2.43. The van der Waals surface area contributed by atoms with Crippen molar-refractivity contribution in [2.45, 2.75) is 11.7 Å². The van der Waals surface area contributed by atoms with Crippen LogP contribution in [-0.4, -0.2) is 21.7 Å². The Labute approximate surface area is 155 Å². The Hall–Kier alpha value is -2.68. The molecule has 0 N–H and O–H groups in total. The van der Waals surface area contributed by atoms with Gasteiger partial charge in [0.25, 0.3) is 5.78 Å². The number of alkyl halides is 4. The van der Waals surface area contributed by atoms with Crippen LogP contribution in [0.3, 0.4) is 0 Å².